The third kappa shape index (κ3) is 2.46. The van der Waals surface area contributed by atoms with E-state index in [9.17, 15) is 0 Å². The van der Waals surface area contributed by atoms with Gasteiger partial charge in [0, 0.05) is 5.56 Å². The van der Waals surface area contributed by atoms with E-state index < -0.39 is 0 Å². The summed E-state index contributed by atoms with van der Waals surface area (Å²) in [6.07, 6.45) is -0.0132. The zero-order valence-corrected chi connectivity index (χ0v) is 13.0. The van der Waals surface area contributed by atoms with Crippen LogP contribution in [0.5, 0.6) is 11.5 Å². The Balaban J connectivity index is 1.79. The van der Waals surface area contributed by atoms with E-state index in [1.807, 2.05) is 24.3 Å². The Labute approximate surface area is 136 Å². The third-order valence-corrected chi connectivity index (χ3v) is 4.41. The smallest absolute Gasteiger partial charge is 0.135 e. The van der Waals surface area contributed by atoms with Crippen molar-refractivity contribution in [1.82, 2.24) is 0 Å². The molecule has 0 saturated heterocycles. The van der Waals surface area contributed by atoms with Gasteiger partial charge in [-0.1, -0.05) is 60.7 Å². The first-order valence-electron chi connectivity index (χ1n) is 7.81. The third-order valence-electron chi connectivity index (χ3n) is 4.41. The summed E-state index contributed by atoms with van der Waals surface area (Å²) < 4.78 is 11.6. The molecule has 0 radical (unpaired) electrons. The number of hydrogen-bond acceptors (Lipinski definition) is 2. The van der Waals surface area contributed by atoms with Crippen molar-refractivity contribution in [2.45, 2.75) is 12.0 Å². The van der Waals surface area contributed by atoms with Gasteiger partial charge < -0.3 is 9.47 Å². The minimum Gasteiger partial charge on any atom is -0.497 e. The van der Waals surface area contributed by atoms with E-state index in [0.717, 1.165) is 17.1 Å². The van der Waals surface area contributed by atoms with Gasteiger partial charge in [0.15, 0.2) is 0 Å². The summed E-state index contributed by atoms with van der Waals surface area (Å²) in [6, 6.07) is 27.0. The molecule has 0 amide bonds. The highest BCUT2D eigenvalue weighted by atomic mass is 16.5. The lowest BCUT2D eigenvalue weighted by atomic mass is 9.85. The minimum absolute atomic E-state index is 0.0132. The number of para-hydroxylation sites is 1. The van der Waals surface area contributed by atoms with Crippen LogP contribution in [0.2, 0.25) is 0 Å². The van der Waals surface area contributed by atoms with E-state index in [1.54, 1.807) is 7.11 Å². The van der Waals surface area contributed by atoms with Crippen LogP contribution in [0.15, 0.2) is 78.9 Å². The lowest BCUT2D eigenvalue weighted by Crippen LogP contribution is -2.11. The SMILES string of the molecule is COc1ccc([C@H]2Oc3ccccc3[C@H]2c2ccccc2)cc1. The molecule has 114 valence electrons. The number of benzene rings is 3. The summed E-state index contributed by atoms with van der Waals surface area (Å²) in [5.41, 5.74) is 3.69. The maximum absolute atomic E-state index is 6.29. The lowest BCUT2D eigenvalue weighted by Gasteiger charge is -2.20. The maximum Gasteiger partial charge on any atom is 0.135 e. The zero-order chi connectivity index (χ0) is 15.6. The standard InChI is InChI=1S/C21H18O2/c1-22-17-13-11-16(12-14-17)21-20(15-7-3-2-4-8-15)18-9-5-6-10-19(18)23-21/h2-14,20-21H,1H3/t20-,21-/m1/s1. The van der Waals surface area contributed by atoms with Crippen LogP contribution in [0.4, 0.5) is 0 Å². The fourth-order valence-electron chi connectivity index (χ4n) is 3.28. The predicted octanol–water partition coefficient (Wildman–Crippen LogP) is 4.96. The molecular weight excluding hydrogens is 284 g/mol. The molecule has 4 rings (SSSR count). The topological polar surface area (TPSA) is 18.5 Å². The second kappa shape index (κ2) is 5.81. The van der Waals surface area contributed by atoms with E-state index in [4.69, 9.17) is 9.47 Å². The Bertz CT molecular complexity index is 794. The number of fused-ring (bicyclic) bond motifs is 1. The normalized spacial score (nSPS) is 19.0. The van der Waals surface area contributed by atoms with E-state index in [-0.39, 0.29) is 12.0 Å². The first kappa shape index (κ1) is 13.9. The molecule has 2 nitrogen and oxygen atoms in total. The van der Waals surface area contributed by atoms with Crippen LogP contribution in [-0.2, 0) is 0 Å². The number of ether oxygens (including phenoxy) is 2. The molecule has 0 spiro atoms. The van der Waals surface area contributed by atoms with Gasteiger partial charge in [-0.2, -0.15) is 0 Å². The van der Waals surface area contributed by atoms with Gasteiger partial charge in [0.1, 0.15) is 17.6 Å². The average Bonchev–Trinajstić information content (AvgIpc) is 3.02. The van der Waals surface area contributed by atoms with Crippen LogP contribution >= 0.6 is 0 Å². The first-order valence-corrected chi connectivity index (χ1v) is 7.81. The first-order chi connectivity index (χ1) is 11.4. The molecule has 0 fully saturated rings. The van der Waals surface area contributed by atoms with Gasteiger partial charge in [-0.3, -0.25) is 0 Å². The van der Waals surface area contributed by atoms with E-state index in [0.29, 0.717) is 0 Å². The Morgan fingerprint density at radius 2 is 1.43 bits per heavy atom. The Kier molecular flexibility index (Phi) is 3.51. The number of methoxy groups -OCH3 is 1. The van der Waals surface area contributed by atoms with Crippen LogP contribution in [0.1, 0.15) is 28.7 Å². The fourth-order valence-corrected chi connectivity index (χ4v) is 3.28. The predicted molar refractivity (Wildman–Crippen MR) is 91.1 cm³/mol. The molecule has 23 heavy (non-hydrogen) atoms. The van der Waals surface area contributed by atoms with Gasteiger partial charge in [-0.25, -0.2) is 0 Å². The molecule has 0 N–H and O–H groups in total. The van der Waals surface area contributed by atoms with E-state index >= 15 is 0 Å². The van der Waals surface area contributed by atoms with Gasteiger partial charge in [0.05, 0.1) is 13.0 Å². The summed E-state index contributed by atoms with van der Waals surface area (Å²) in [5.74, 6) is 2.04. The summed E-state index contributed by atoms with van der Waals surface area (Å²) in [4.78, 5) is 0. The van der Waals surface area contributed by atoms with Crippen molar-refractivity contribution in [3.05, 3.63) is 95.6 Å². The molecule has 3 aromatic rings. The molecule has 1 aliphatic heterocycles. The highest BCUT2D eigenvalue weighted by Crippen LogP contribution is 2.49. The van der Waals surface area contributed by atoms with Crippen molar-refractivity contribution in [2.24, 2.45) is 0 Å². The second-order valence-corrected chi connectivity index (χ2v) is 5.74. The molecule has 0 aromatic heterocycles. The van der Waals surface area contributed by atoms with Crippen LogP contribution in [0.3, 0.4) is 0 Å². The van der Waals surface area contributed by atoms with Gasteiger partial charge in [-0.05, 0) is 29.3 Å². The molecule has 0 bridgehead atoms. The van der Waals surface area contributed by atoms with Crippen LogP contribution in [-0.4, -0.2) is 7.11 Å². The van der Waals surface area contributed by atoms with Crippen molar-refractivity contribution in [2.75, 3.05) is 7.11 Å². The molecule has 1 heterocycles. The Morgan fingerprint density at radius 1 is 0.739 bits per heavy atom. The Hall–Kier alpha value is -2.74. The maximum atomic E-state index is 6.29. The fraction of sp³-hybridized carbons (Fsp3) is 0.143. The van der Waals surface area contributed by atoms with Crippen molar-refractivity contribution >= 4 is 0 Å². The molecule has 2 heteroatoms. The molecular formula is C21H18O2. The zero-order valence-electron chi connectivity index (χ0n) is 13.0. The van der Waals surface area contributed by atoms with Gasteiger partial charge in [0.25, 0.3) is 0 Å². The molecule has 3 aromatic carbocycles. The molecule has 0 saturated carbocycles. The minimum atomic E-state index is -0.0132. The van der Waals surface area contributed by atoms with Crippen molar-refractivity contribution in [3.8, 4) is 11.5 Å². The molecule has 2 atom stereocenters. The average molecular weight is 302 g/mol. The summed E-state index contributed by atoms with van der Waals surface area (Å²) in [5, 5.41) is 0. The monoisotopic (exact) mass is 302 g/mol. The number of hydrogen-bond donors (Lipinski definition) is 0. The highest BCUT2D eigenvalue weighted by molar-refractivity contribution is 5.49. The van der Waals surface area contributed by atoms with Crippen molar-refractivity contribution in [3.63, 3.8) is 0 Å². The summed E-state index contributed by atoms with van der Waals surface area (Å²) >= 11 is 0. The quantitative estimate of drug-likeness (QED) is 0.680. The summed E-state index contributed by atoms with van der Waals surface area (Å²) in [7, 11) is 1.68. The number of rotatable bonds is 3. The van der Waals surface area contributed by atoms with Gasteiger partial charge in [0.2, 0.25) is 0 Å². The molecule has 0 aliphatic carbocycles. The van der Waals surface area contributed by atoms with Crippen LogP contribution in [0.25, 0.3) is 0 Å². The summed E-state index contributed by atoms with van der Waals surface area (Å²) in [6.45, 7) is 0. The highest BCUT2D eigenvalue weighted by Gasteiger charge is 2.36. The van der Waals surface area contributed by atoms with Crippen molar-refractivity contribution in [1.29, 1.82) is 0 Å². The van der Waals surface area contributed by atoms with Crippen molar-refractivity contribution < 1.29 is 9.47 Å². The molecule has 1 aliphatic rings. The largest absolute Gasteiger partial charge is 0.497 e. The van der Waals surface area contributed by atoms with Gasteiger partial charge >= 0.3 is 0 Å². The lowest BCUT2D eigenvalue weighted by molar-refractivity contribution is 0.222. The van der Waals surface area contributed by atoms with E-state index in [2.05, 4.69) is 54.6 Å². The Morgan fingerprint density at radius 3 is 2.17 bits per heavy atom. The van der Waals surface area contributed by atoms with Gasteiger partial charge in [-0.15, -0.1) is 0 Å². The molecule has 0 unspecified atom stereocenters. The van der Waals surface area contributed by atoms with E-state index in [1.165, 1.54) is 11.1 Å². The van der Waals surface area contributed by atoms with Crippen LogP contribution < -0.4 is 9.47 Å². The second-order valence-electron chi connectivity index (χ2n) is 5.74. The van der Waals surface area contributed by atoms with Crippen LogP contribution in [0, 0.1) is 0 Å².